The first kappa shape index (κ1) is 16.3. The molecule has 0 aromatic heterocycles. The van der Waals surface area contributed by atoms with Crippen molar-refractivity contribution in [3.05, 3.63) is 0 Å². The molecule has 0 aromatic rings. The summed E-state index contributed by atoms with van der Waals surface area (Å²) in [7, 11) is -4.83. The van der Waals surface area contributed by atoms with E-state index in [1.807, 2.05) is 0 Å². The van der Waals surface area contributed by atoms with Crippen LogP contribution in [0.15, 0.2) is 0 Å². The molecule has 6 nitrogen and oxygen atoms in total. The molecule has 0 fully saturated rings. The molecule has 0 radical (unpaired) electrons. The Hall–Kier alpha value is 0.513. The third-order valence-electron chi connectivity index (χ3n) is 0. The van der Waals surface area contributed by atoms with E-state index in [1.165, 1.54) is 0 Å². The molecule has 0 aliphatic rings. The van der Waals surface area contributed by atoms with Crippen LogP contribution in [-0.2, 0) is 19.5 Å². The van der Waals surface area contributed by atoms with Gasteiger partial charge in [-0.15, -0.1) is 0 Å². The van der Waals surface area contributed by atoms with Crippen molar-refractivity contribution in [3.63, 3.8) is 0 Å². The average Bonchev–Trinajstić information content (AvgIpc) is 1.25. The van der Waals surface area contributed by atoms with E-state index in [1.54, 1.807) is 0 Å². The van der Waals surface area contributed by atoms with Gasteiger partial charge in [-0.2, -0.15) is 0 Å². The van der Waals surface area contributed by atoms with Gasteiger partial charge in [0.25, 0.3) is 0 Å². The SMILES string of the molecule is [O-]B(O)O.[O-]B(O)O.[Zn+2]. The first-order chi connectivity index (χ1) is 3.46. The molecule has 9 heteroatoms. The van der Waals surface area contributed by atoms with Crippen LogP contribution in [0.3, 0.4) is 0 Å². The summed E-state index contributed by atoms with van der Waals surface area (Å²) >= 11 is 0. The minimum atomic E-state index is -2.42. The normalized spacial score (nSPS) is 6.00. The van der Waals surface area contributed by atoms with Gasteiger partial charge in [0.2, 0.25) is 0 Å². The van der Waals surface area contributed by atoms with Crippen LogP contribution < -0.4 is 10.0 Å². The average molecular weight is 187 g/mol. The number of rotatable bonds is 0. The molecular formula is H4B2O6Zn. The van der Waals surface area contributed by atoms with Gasteiger partial charge in [-0.05, 0) is 0 Å². The van der Waals surface area contributed by atoms with Crippen molar-refractivity contribution in [2.24, 2.45) is 0 Å². The molecule has 0 rings (SSSR count). The maximum Gasteiger partial charge on any atom is 2.00 e. The fraction of sp³-hybridized carbons (Fsp3) is 0. The van der Waals surface area contributed by atoms with Crippen LogP contribution in [0.1, 0.15) is 0 Å². The first-order valence-electron chi connectivity index (χ1n) is 1.50. The molecule has 0 heterocycles. The molecule has 0 spiro atoms. The summed E-state index contributed by atoms with van der Waals surface area (Å²) in [6.07, 6.45) is 0. The Morgan fingerprint density at radius 2 is 0.778 bits per heavy atom. The second-order valence-corrected chi connectivity index (χ2v) is 0.653. The molecule has 0 saturated heterocycles. The zero-order valence-electron chi connectivity index (χ0n) is 4.47. The fourth-order valence-corrected chi connectivity index (χ4v) is 0. The summed E-state index contributed by atoms with van der Waals surface area (Å²) in [4.78, 5) is 0. The van der Waals surface area contributed by atoms with E-state index in [4.69, 9.17) is 30.1 Å². The zero-order chi connectivity index (χ0) is 7.15. The molecule has 0 bridgehead atoms. The predicted octanol–water partition coefficient (Wildman–Crippen LogP) is -5.37. The second kappa shape index (κ2) is 11.3. The molecule has 0 unspecified atom stereocenters. The zero-order valence-corrected chi connectivity index (χ0v) is 7.43. The summed E-state index contributed by atoms with van der Waals surface area (Å²) in [6.45, 7) is 0. The standard InChI is InChI=1S/2BH2O3.Zn/c2*2-1(3)4;/h2*2-3H;/q2*-1;+2. The summed E-state index contributed by atoms with van der Waals surface area (Å²) in [5.41, 5.74) is 0. The molecule has 0 aliphatic carbocycles. The largest absolute Gasteiger partial charge is 2.00 e. The van der Waals surface area contributed by atoms with Crippen LogP contribution in [-0.4, -0.2) is 34.7 Å². The topological polar surface area (TPSA) is 127 Å². The van der Waals surface area contributed by atoms with Gasteiger partial charge in [-0.25, -0.2) is 0 Å². The van der Waals surface area contributed by atoms with Crippen LogP contribution in [0, 0.1) is 0 Å². The maximum absolute atomic E-state index is 8.64. The van der Waals surface area contributed by atoms with E-state index >= 15 is 0 Å². The minimum absolute atomic E-state index is 0. The van der Waals surface area contributed by atoms with Crippen LogP contribution in [0.4, 0.5) is 0 Å². The van der Waals surface area contributed by atoms with Crippen LogP contribution in [0.2, 0.25) is 0 Å². The van der Waals surface area contributed by atoms with E-state index in [0.29, 0.717) is 0 Å². The summed E-state index contributed by atoms with van der Waals surface area (Å²) < 4.78 is 0. The van der Waals surface area contributed by atoms with Crippen molar-refractivity contribution < 1.29 is 49.6 Å². The molecule has 0 amide bonds. The first-order valence-corrected chi connectivity index (χ1v) is 1.50. The second-order valence-electron chi connectivity index (χ2n) is 0.653. The van der Waals surface area contributed by atoms with Gasteiger partial charge in [0, 0.05) is 0 Å². The fourth-order valence-electron chi connectivity index (χ4n) is 0. The third-order valence-corrected chi connectivity index (χ3v) is 0. The Bertz CT molecular complexity index is 26.5. The van der Waals surface area contributed by atoms with E-state index in [9.17, 15) is 0 Å². The molecule has 48 valence electrons. The number of hydrogen-bond donors (Lipinski definition) is 4. The quantitative estimate of drug-likeness (QED) is 0.280. The van der Waals surface area contributed by atoms with Crippen molar-refractivity contribution >= 4 is 14.6 Å². The molecular weight excluding hydrogens is 183 g/mol. The summed E-state index contributed by atoms with van der Waals surface area (Å²) in [6, 6.07) is 0. The maximum atomic E-state index is 8.64. The van der Waals surface area contributed by atoms with E-state index in [-0.39, 0.29) is 19.5 Å². The Kier molecular flexibility index (Phi) is 20.5. The monoisotopic (exact) mass is 186 g/mol. The Labute approximate surface area is 64.9 Å². The Balaban J connectivity index is -0.0000000720. The third kappa shape index (κ3) is 1370. The van der Waals surface area contributed by atoms with Gasteiger partial charge in [0.15, 0.2) is 0 Å². The van der Waals surface area contributed by atoms with Gasteiger partial charge < -0.3 is 30.1 Å². The van der Waals surface area contributed by atoms with Crippen molar-refractivity contribution in [2.45, 2.75) is 0 Å². The molecule has 9 heavy (non-hydrogen) atoms. The van der Waals surface area contributed by atoms with Crippen LogP contribution >= 0.6 is 0 Å². The van der Waals surface area contributed by atoms with Gasteiger partial charge in [0.05, 0.1) is 0 Å². The summed E-state index contributed by atoms with van der Waals surface area (Å²) in [5.74, 6) is 0. The molecule has 0 aliphatic heterocycles. The summed E-state index contributed by atoms with van der Waals surface area (Å²) in [5, 5.41) is 45.5. The predicted molar refractivity (Wildman–Crippen MR) is 20.4 cm³/mol. The van der Waals surface area contributed by atoms with Gasteiger partial charge >= 0.3 is 34.1 Å². The molecule has 0 atom stereocenters. The van der Waals surface area contributed by atoms with Crippen molar-refractivity contribution in [2.75, 3.05) is 0 Å². The smallest absolute Gasteiger partial charge is 0.832 e. The van der Waals surface area contributed by atoms with E-state index in [2.05, 4.69) is 0 Å². The minimum Gasteiger partial charge on any atom is -0.832 e. The van der Waals surface area contributed by atoms with Crippen LogP contribution in [0.25, 0.3) is 0 Å². The Morgan fingerprint density at radius 3 is 0.778 bits per heavy atom. The van der Waals surface area contributed by atoms with E-state index < -0.39 is 14.6 Å². The van der Waals surface area contributed by atoms with Crippen molar-refractivity contribution in [1.82, 2.24) is 0 Å². The van der Waals surface area contributed by atoms with E-state index in [0.717, 1.165) is 0 Å². The van der Waals surface area contributed by atoms with Gasteiger partial charge in [-0.3, -0.25) is 0 Å². The Morgan fingerprint density at radius 1 is 0.778 bits per heavy atom. The van der Waals surface area contributed by atoms with Crippen LogP contribution in [0.5, 0.6) is 0 Å². The van der Waals surface area contributed by atoms with Crippen molar-refractivity contribution in [1.29, 1.82) is 0 Å². The molecule has 0 aromatic carbocycles. The molecule has 4 N–H and O–H groups in total. The molecule has 0 saturated carbocycles. The van der Waals surface area contributed by atoms with Gasteiger partial charge in [-0.1, -0.05) is 0 Å². The van der Waals surface area contributed by atoms with Crippen molar-refractivity contribution in [3.8, 4) is 0 Å². The van der Waals surface area contributed by atoms with Gasteiger partial charge in [0.1, 0.15) is 0 Å². The number of hydrogen-bond acceptors (Lipinski definition) is 6.